The molecule has 0 heterocycles. The second-order valence-corrected chi connectivity index (χ2v) is 5.83. The van der Waals surface area contributed by atoms with Crippen LogP contribution in [-0.2, 0) is 9.53 Å². The van der Waals surface area contributed by atoms with Crippen LogP contribution in [0.1, 0.15) is 32.6 Å². The van der Waals surface area contributed by atoms with Gasteiger partial charge >= 0.3 is 0 Å². The lowest BCUT2D eigenvalue weighted by Gasteiger charge is -2.28. The number of benzene rings is 1. The van der Waals surface area contributed by atoms with Crippen LogP contribution in [0.4, 0.5) is 11.4 Å². The molecule has 0 aromatic heterocycles. The molecule has 2 unspecified atom stereocenters. The van der Waals surface area contributed by atoms with E-state index in [1.807, 2.05) is 0 Å². The maximum absolute atomic E-state index is 11.9. The Hall–Kier alpha value is -1.26. The minimum absolute atomic E-state index is 0.0665. The molecule has 0 bridgehead atoms. The number of amides is 1. The monoisotopic (exact) mass is 296 g/mol. The quantitative estimate of drug-likeness (QED) is 0.836. The Kier molecular flexibility index (Phi) is 5.26. The van der Waals surface area contributed by atoms with Crippen molar-refractivity contribution in [2.24, 2.45) is 5.92 Å². The molecule has 0 radical (unpaired) electrons. The van der Waals surface area contributed by atoms with Gasteiger partial charge in [-0.2, -0.15) is 0 Å². The van der Waals surface area contributed by atoms with Crippen molar-refractivity contribution < 1.29 is 9.53 Å². The van der Waals surface area contributed by atoms with Gasteiger partial charge in [0.05, 0.1) is 17.5 Å². The van der Waals surface area contributed by atoms with Crippen LogP contribution in [0.5, 0.6) is 0 Å². The number of nitrogen functional groups attached to an aromatic ring is 1. The summed E-state index contributed by atoms with van der Waals surface area (Å²) in [5, 5.41) is 3.29. The fourth-order valence-electron chi connectivity index (χ4n) is 2.55. The normalized spacial score (nSPS) is 22.5. The number of hydrogen-bond acceptors (Lipinski definition) is 3. The molecule has 2 rings (SSSR count). The lowest BCUT2D eigenvalue weighted by atomic mass is 9.88. The Morgan fingerprint density at radius 1 is 1.45 bits per heavy atom. The number of hydrogen-bond donors (Lipinski definition) is 2. The SMILES string of the molecule is CC1CCCCC1OCC(=O)Nc1ccc(Cl)cc1N. The molecule has 1 saturated carbocycles. The highest BCUT2D eigenvalue weighted by atomic mass is 35.5. The molecule has 0 saturated heterocycles. The van der Waals surface area contributed by atoms with Crippen LogP contribution >= 0.6 is 11.6 Å². The van der Waals surface area contributed by atoms with Gasteiger partial charge in [-0.1, -0.05) is 31.4 Å². The van der Waals surface area contributed by atoms with E-state index in [0.717, 1.165) is 6.42 Å². The topological polar surface area (TPSA) is 64.3 Å². The molecular formula is C15H21ClN2O2. The second-order valence-electron chi connectivity index (χ2n) is 5.39. The van der Waals surface area contributed by atoms with E-state index in [-0.39, 0.29) is 18.6 Å². The Bertz CT molecular complexity index is 479. The summed E-state index contributed by atoms with van der Waals surface area (Å²) in [7, 11) is 0. The molecule has 1 aliphatic rings. The smallest absolute Gasteiger partial charge is 0.250 e. The molecule has 5 heteroatoms. The highest BCUT2D eigenvalue weighted by Gasteiger charge is 2.22. The summed E-state index contributed by atoms with van der Waals surface area (Å²) in [6.45, 7) is 2.25. The van der Waals surface area contributed by atoms with Gasteiger partial charge in [0.2, 0.25) is 5.91 Å². The number of nitrogens with one attached hydrogen (secondary N) is 1. The zero-order chi connectivity index (χ0) is 14.5. The molecule has 1 aromatic carbocycles. The molecule has 4 nitrogen and oxygen atoms in total. The third-order valence-electron chi connectivity index (χ3n) is 3.75. The zero-order valence-corrected chi connectivity index (χ0v) is 12.5. The first-order valence-corrected chi connectivity index (χ1v) is 7.40. The largest absolute Gasteiger partial charge is 0.397 e. The number of ether oxygens (including phenoxy) is 1. The van der Waals surface area contributed by atoms with E-state index in [9.17, 15) is 4.79 Å². The van der Waals surface area contributed by atoms with E-state index >= 15 is 0 Å². The lowest BCUT2D eigenvalue weighted by molar-refractivity contribution is -0.124. The molecule has 110 valence electrons. The first-order valence-electron chi connectivity index (χ1n) is 7.02. The van der Waals surface area contributed by atoms with Crippen LogP contribution < -0.4 is 11.1 Å². The van der Waals surface area contributed by atoms with Crippen molar-refractivity contribution in [3.63, 3.8) is 0 Å². The summed E-state index contributed by atoms with van der Waals surface area (Å²) >= 11 is 5.81. The summed E-state index contributed by atoms with van der Waals surface area (Å²) in [6, 6.07) is 5.00. The average molecular weight is 297 g/mol. The molecule has 1 aromatic rings. The van der Waals surface area contributed by atoms with Gasteiger partial charge in [-0.3, -0.25) is 4.79 Å². The van der Waals surface area contributed by atoms with Gasteiger partial charge in [-0.15, -0.1) is 0 Å². The Balaban J connectivity index is 1.83. The van der Waals surface area contributed by atoms with Gasteiger partial charge in [0.1, 0.15) is 6.61 Å². The van der Waals surface area contributed by atoms with E-state index in [4.69, 9.17) is 22.1 Å². The standard InChI is InChI=1S/C15H21ClN2O2/c1-10-4-2-3-5-14(10)20-9-15(19)18-13-7-6-11(16)8-12(13)17/h6-8,10,14H,2-5,9,17H2,1H3,(H,18,19). The van der Waals surface area contributed by atoms with Crippen molar-refractivity contribution in [1.29, 1.82) is 0 Å². The summed E-state index contributed by atoms with van der Waals surface area (Å²) in [5.74, 6) is 0.342. The van der Waals surface area contributed by atoms with Gasteiger partial charge in [0, 0.05) is 5.02 Å². The summed E-state index contributed by atoms with van der Waals surface area (Å²) in [4.78, 5) is 11.9. The molecule has 1 amide bonds. The number of carbonyl (C=O) groups is 1. The van der Waals surface area contributed by atoms with Gasteiger partial charge in [0.15, 0.2) is 0 Å². The van der Waals surface area contributed by atoms with Crippen LogP contribution in [-0.4, -0.2) is 18.6 Å². The first kappa shape index (κ1) is 15.1. The van der Waals surface area contributed by atoms with Gasteiger partial charge < -0.3 is 15.8 Å². The van der Waals surface area contributed by atoms with Crippen LogP contribution in [0.25, 0.3) is 0 Å². The third kappa shape index (κ3) is 4.12. The number of rotatable bonds is 4. The van der Waals surface area contributed by atoms with Gasteiger partial charge in [0.25, 0.3) is 0 Å². The summed E-state index contributed by atoms with van der Waals surface area (Å²) in [6.07, 6.45) is 4.85. The Morgan fingerprint density at radius 3 is 2.90 bits per heavy atom. The molecular weight excluding hydrogens is 276 g/mol. The number of carbonyl (C=O) groups excluding carboxylic acids is 1. The van der Waals surface area contributed by atoms with Crippen molar-refractivity contribution >= 4 is 28.9 Å². The van der Waals surface area contributed by atoms with E-state index < -0.39 is 0 Å². The Labute approximate surface area is 124 Å². The van der Waals surface area contributed by atoms with Crippen LogP contribution in [0, 0.1) is 5.92 Å². The van der Waals surface area contributed by atoms with Crippen molar-refractivity contribution in [2.45, 2.75) is 38.7 Å². The number of anilines is 2. The first-order chi connectivity index (χ1) is 9.56. The molecule has 0 spiro atoms. The maximum atomic E-state index is 11.9. The fraction of sp³-hybridized carbons (Fsp3) is 0.533. The predicted octanol–water partition coefficient (Wildman–Crippen LogP) is 3.46. The summed E-state index contributed by atoms with van der Waals surface area (Å²) in [5.41, 5.74) is 6.82. The van der Waals surface area contributed by atoms with Crippen LogP contribution in [0.15, 0.2) is 18.2 Å². The predicted molar refractivity (Wildman–Crippen MR) is 81.9 cm³/mol. The summed E-state index contributed by atoms with van der Waals surface area (Å²) < 4.78 is 5.71. The van der Waals surface area contributed by atoms with Gasteiger partial charge in [-0.05, 0) is 37.0 Å². The fourth-order valence-corrected chi connectivity index (χ4v) is 2.73. The zero-order valence-electron chi connectivity index (χ0n) is 11.7. The maximum Gasteiger partial charge on any atom is 0.250 e. The van der Waals surface area contributed by atoms with E-state index in [2.05, 4.69) is 12.2 Å². The Morgan fingerprint density at radius 2 is 2.20 bits per heavy atom. The van der Waals surface area contributed by atoms with Crippen molar-refractivity contribution in [2.75, 3.05) is 17.7 Å². The minimum Gasteiger partial charge on any atom is -0.397 e. The lowest BCUT2D eigenvalue weighted by Crippen LogP contribution is -2.29. The van der Waals surface area contributed by atoms with Crippen molar-refractivity contribution in [3.05, 3.63) is 23.2 Å². The molecule has 1 fully saturated rings. The molecule has 0 aliphatic heterocycles. The molecule has 3 N–H and O–H groups in total. The third-order valence-corrected chi connectivity index (χ3v) is 3.98. The van der Waals surface area contributed by atoms with E-state index in [1.165, 1.54) is 19.3 Å². The minimum atomic E-state index is -0.184. The number of nitrogens with two attached hydrogens (primary N) is 1. The highest BCUT2D eigenvalue weighted by Crippen LogP contribution is 2.26. The van der Waals surface area contributed by atoms with Crippen molar-refractivity contribution in [1.82, 2.24) is 0 Å². The molecule has 1 aliphatic carbocycles. The highest BCUT2D eigenvalue weighted by molar-refractivity contribution is 6.31. The van der Waals surface area contributed by atoms with E-state index in [1.54, 1.807) is 18.2 Å². The van der Waals surface area contributed by atoms with Gasteiger partial charge in [-0.25, -0.2) is 0 Å². The van der Waals surface area contributed by atoms with E-state index in [0.29, 0.717) is 22.3 Å². The average Bonchev–Trinajstić information content (AvgIpc) is 2.41. The molecule has 2 atom stereocenters. The number of halogens is 1. The van der Waals surface area contributed by atoms with Crippen LogP contribution in [0.2, 0.25) is 5.02 Å². The molecule has 20 heavy (non-hydrogen) atoms. The second kappa shape index (κ2) is 6.95. The van der Waals surface area contributed by atoms with Crippen LogP contribution in [0.3, 0.4) is 0 Å². The van der Waals surface area contributed by atoms with Crippen molar-refractivity contribution in [3.8, 4) is 0 Å².